The molecule has 0 fully saturated rings. The number of carboxylic acids is 1. The van der Waals surface area contributed by atoms with Crippen molar-refractivity contribution in [2.75, 3.05) is 12.4 Å². The molecule has 16 heavy (non-hydrogen) atoms. The molecule has 1 aromatic carbocycles. The second-order valence-electron chi connectivity index (χ2n) is 3.56. The van der Waals surface area contributed by atoms with E-state index in [4.69, 9.17) is 9.84 Å². The highest BCUT2D eigenvalue weighted by molar-refractivity contribution is 5.97. The fourth-order valence-corrected chi connectivity index (χ4v) is 1.77. The van der Waals surface area contributed by atoms with Crippen molar-refractivity contribution in [3.63, 3.8) is 0 Å². The number of aromatic carboxylic acids is 1. The van der Waals surface area contributed by atoms with Crippen LogP contribution in [-0.4, -0.2) is 24.1 Å². The van der Waals surface area contributed by atoms with E-state index in [1.807, 2.05) is 0 Å². The van der Waals surface area contributed by atoms with Gasteiger partial charge in [-0.25, -0.2) is 4.79 Å². The van der Waals surface area contributed by atoms with Crippen molar-refractivity contribution in [2.45, 2.75) is 12.8 Å². The molecule has 0 saturated heterocycles. The third-order valence-corrected chi connectivity index (χ3v) is 2.55. The number of nitrogens with one attached hydrogen (secondary N) is 1. The number of carbonyl (C=O) groups excluding carboxylic acids is 1. The maximum absolute atomic E-state index is 11.2. The minimum Gasteiger partial charge on any atom is -0.496 e. The minimum atomic E-state index is -1.04. The van der Waals surface area contributed by atoms with Crippen LogP contribution in [0.2, 0.25) is 0 Å². The van der Waals surface area contributed by atoms with Crippen molar-refractivity contribution in [1.82, 2.24) is 0 Å². The Kier molecular flexibility index (Phi) is 2.52. The number of anilines is 1. The lowest BCUT2D eigenvalue weighted by atomic mass is 9.99. The van der Waals surface area contributed by atoms with Crippen LogP contribution in [0.4, 0.5) is 5.69 Å². The Labute approximate surface area is 92.0 Å². The van der Waals surface area contributed by atoms with Gasteiger partial charge in [-0.1, -0.05) is 0 Å². The van der Waals surface area contributed by atoms with E-state index in [0.717, 1.165) is 5.56 Å². The number of rotatable bonds is 2. The molecular weight excluding hydrogens is 210 g/mol. The molecule has 0 unspecified atom stereocenters. The maximum Gasteiger partial charge on any atom is 0.335 e. The average Bonchev–Trinajstić information content (AvgIpc) is 2.26. The number of benzene rings is 1. The number of hydrogen-bond donors (Lipinski definition) is 2. The molecule has 1 heterocycles. The van der Waals surface area contributed by atoms with Crippen LogP contribution in [0.5, 0.6) is 5.75 Å². The molecule has 84 valence electrons. The standard InChI is InChI=1S/C11H11NO4/c1-16-9-5-6(11(14)15)4-8-7(9)2-3-10(13)12-8/h4-5H,2-3H2,1H3,(H,12,13)(H,14,15). The van der Waals surface area contributed by atoms with Gasteiger partial charge in [0.25, 0.3) is 0 Å². The zero-order chi connectivity index (χ0) is 11.7. The molecule has 1 amide bonds. The van der Waals surface area contributed by atoms with E-state index in [-0.39, 0.29) is 11.5 Å². The number of carbonyl (C=O) groups is 2. The van der Waals surface area contributed by atoms with E-state index < -0.39 is 5.97 Å². The average molecular weight is 221 g/mol. The van der Waals surface area contributed by atoms with Gasteiger partial charge >= 0.3 is 5.97 Å². The molecule has 5 nitrogen and oxygen atoms in total. The first-order valence-corrected chi connectivity index (χ1v) is 4.86. The summed E-state index contributed by atoms with van der Waals surface area (Å²) in [5, 5.41) is 11.6. The van der Waals surface area contributed by atoms with Crippen LogP contribution in [-0.2, 0) is 11.2 Å². The molecule has 0 aromatic heterocycles. The van der Waals surface area contributed by atoms with Gasteiger partial charge in [0.15, 0.2) is 0 Å². The fourth-order valence-electron chi connectivity index (χ4n) is 1.77. The molecule has 5 heteroatoms. The first-order valence-electron chi connectivity index (χ1n) is 4.86. The van der Waals surface area contributed by atoms with Gasteiger partial charge in [-0.3, -0.25) is 4.79 Å². The molecule has 1 aliphatic rings. The highest BCUT2D eigenvalue weighted by Crippen LogP contribution is 2.32. The smallest absolute Gasteiger partial charge is 0.335 e. The second-order valence-corrected chi connectivity index (χ2v) is 3.56. The summed E-state index contributed by atoms with van der Waals surface area (Å²) in [6, 6.07) is 2.93. The molecule has 0 bridgehead atoms. The summed E-state index contributed by atoms with van der Waals surface area (Å²) in [4.78, 5) is 22.1. The topological polar surface area (TPSA) is 75.6 Å². The minimum absolute atomic E-state index is 0.0999. The van der Waals surface area contributed by atoms with Crippen LogP contribution in [0.3, 0.4) is 0 Å². The van der Waals surface area contributed by atoms with Crippen LogP contribution in [0.25, 0.3) is 0 Å². The number of ether oxygens (including phenoxy) is 1. The Morgan fingerprint density at radius 3 is 2.81 bits per heavy atom. The Morgan fingerprint density at radius 1 is 1.44 bits per heavy atom. The van der Waals surface area contributed by atoms with E-state index in [1.54, 1.807) is 0 Å². The Hall–Kier alpha value is -2.04. The van der Waals surface area contributed by atoms with Gasteiger partial charge in [-0.2, -0.15) is 0 Å². The summed E-state index contributed by atoms with van der Waals surface area (Å²) in [5.41, 5.74) is 1.50. The van der Waals surface area contributed by atoms with Crippen molar-refractivity contribution in [3.05, 3.63) is 23.3 Å². The molecule has 0 radical (unpaired) electrons. The summed E-state index contributed by atoms with van der Waals surface area (Å²) in [6.45, 7) is 0. The number of amides is 1. The summed E-state index contributed by atoms with van der Waals surface area (Å²) in [5.74, 6) is -0.632. The lowest BCUT2D eigenvalue weighted by Gasteiger charge is -2.19. The van der Waals surface area contributed by atoms with Crippen molar-refractivity contribution in [1.29, 1.82) is 0 Å². The highest BCUT2D eigenvalue weighted by Gasteiger charge is 2.20. The monoisotopic (exact) mass is 221 g/mol. The van der Waals surface area contributed by atoms with E-state index in [2.05, 4.69) is 5.32 Å². The van der Waals surface area contributed by atoms with Crippen molar-refractivity contribution in [2.24, 2.45) is 0 Å². The van der Waals surface area contributed by atoms with E-state index in [9.17, 15) is 9.59 Å². The summed E-state index contributed by atoms with van der Waals surface area (Å²) < 4.78 is 5.12. The first kappa shape index (κ1) is 10.5. The zero-order valence-electron chi connectivity index (χ0n) is 8.74. The number of hydrogen-bond acceptors (Lipinski definition) is 3. The van der Waals surface area contributed by atoms with Crippen LogP contribution in [0.1, 0.15) is 22.3 Å². The first-order chi connectivity index (χ1) is 7.61. The zero-order valence-corrected chi connectivity index (χ0v) is 8.74. The molecule has 2 N–H and O–H groups in total. The molecule has 0 saturated carbocycles. The van der Waals surface area contributed by atoms with E-state index in [1.165, 1.54) is 19.2 Å². The quantitative estimate of drug-likeness (QED) is 0.788. The molecular formula is C11H11NO4. The van der Waals surface area contributed by atoms with Gasteiger partial charge in [0.05, 0.1) is 12.7 Å². The van der Waals surface area contributed by atoms with Gasteiger partial charge in [-0.05, 0) is 18.6 Å². The van der Waals surface area contributed by atoms with Crippen LogP contribution >= 0.6 is 0 Å². The van der Waals surface area contributed by atoms with Gasteiger partial charge in [0.1, 0.15) is 5.75 Å². The largest absolute Gasteiger partial charge is 0.496 e. The molecule has 1 aliphatic heterocycles. The highest BCUT2D eigenvalue weighted by atomic mass is 16.5. The third-order valence-electron chi connectivity index (χ3n) is 2.55. The molecule has 0 aliphatic carbocycles. The number of methoxy groups -OCH3 is 1. The second kappa shape index (κ2) is 3.84. The van der Waals surface area contributed by atoms with Crippen LogP contribution in [0.15, 0.2) is 12.1 Å². The summed E-state index contributed by atoms with van der Waals surface area (Å²) in [7, 11) is 1.48. The SMILES string of the molecule is COc1cc(C(=O)O)cc2c1CCC(=O)N2. The molecule has 0 spiro atoms. The lowest BCUT2D eigenvalue weighted by molar-refractivity contribution is -0.116. The van der Waals surface area contributed by atoms with Crippen molar-refractivity contribution < 1.29 is 19.4 Å². The van der Waals surface area contributed by atoms with Crippen molar-refractivity contribution >= 4 is 17.6 Å². The van der Waals surface area contributed by atoms with Crippen LogP contribution in [0, 0.1) is 0 Å². The van der Waals surface area contributed by atoms with E-state index >= 15 is 0 Å². The summed E-state index contributed by atoms with van der Waals surface area (Å²) in [6.07, 6.45) is 0.972. The number of carboxylic acid groups (broad SMARTS) is 1. The lowest BCUT2D eigenvalue weighted by Crippen LogP contribution is -2.20. The van der Waals surface area contributed by atoms with Gasteiger partial charge < -0.3 is 15.2 Å². The fraction of sp³-hybridized carbons (Fsp3) is 0.273. The van der Waals surface area contributed by atoms with Gasteiger partial charge in [-0.15, -0.1) is 0 Å². The summed E-state index contributed by atoms with van der Waals surface area (Å²) >= 11 is 0. The predicted octanol–water partition coefficient (Wildman–Crippen LogP) is 1.28. The van der Waals surface area contributed by atoms with Gasteiger partial charge in [0, 0.05) is 17.7 Å². The number of fused-ring (bicyclic) bond motifs is 1. The Morgan fingerprint density at radius 2 is 2.19 bits per heavy atom. The van der Waals surface area contributed by atoms with Gasteiger partial charge in [0.2, 0.25) is 5.91 Å². The van der Waals surface area contributed by atoms with Crippen LogP contribution < -0.4 is 10.1 Å². The predicted molar refractivity (Wildman–Crippen MR) is 56.9 cm³/mol. The Balaban J connectivity index is 2.54. The molecule has 2 rings (SSSR count). The van der Waals surface area contributed by atoms with E-state index in [0.29, 0.717) is 24.3 Å². The van der Waals surface area contributed by atoms with Crippen molar-refractivity contribution in [3.8, 4) is 5.75 Å². The normalized spacial score (nSPS) is 13.9. The maximum atomic E-state index is 11.2. The molecule has 1 aromatic rings. The Bertz CT molecular complexity index is 467. The third kappa shape index (κ3) is 1.71. The molecule has 0 atom stereocenters.